The van der Waals surface area contributed by atoms with Gasteiger partial charge in [0.25, 0.3) is 5.56 Å². The van der Waals surface area contributed by atoms with Crippen molar-refractivity contribution < 1.29 is 0 Å². The van der Waals surface area contributed by atoms with Crippen molar-refractivity contribution in [1.29, 1.82) is 0 Å². The molecule has 1 rings (SSSR count). The summed E-state index contributed by atoms with van der Waals surface area (Å²) in [7, 11) is 0. The lowest BCUT2D eigenvalue weighted by Crippen LogP contribution is -2.11. The minimum Gasteiger partial charge on any atom is -0.375 e. The lowest BCUT2D eigenvalue weighted by atomic mass is 10.2. The van der Waals surface area contributed by atoms with Crippen LogP contribution in [-0.2, 0) is 0 Å². The molecule has 0 amide bonds. The van der Waals surface area contributed by atoms with Gasteiger partial charge in [-0.25, -0.2) is 0 Å². The number of allylic oxidation sites excluding steroid dienone is 1. The van der Waals surface area contributed by atoms with Gasteiger partial charge in [-0.15, -0.1) is 0 Å². The Hall–Kier alpha value is -1.42. The topological polar surface area (TPSA) is 56.0 Å². The van der Waals surface area contributed by atoms with Crippen LogP contribution in [0.1, 0.15) is 17.4 Å². The summed E-state index contributed by atoms with van der Waals surface area (Å²) in [6.07, 6.45) is 5.17. The highest BCUT2D eigenvalue weighted by atomic mass is 32.1. The minimum absolute atomic E-state index is 0.281. The van der Waals surface area contributed by atoms with Gasteiger partial charge in [0.1, 0.15) is 0 Å². The van der Waals surface area contributed by atoms with Crippen LogP contribution >= 0.6 is 11.3 Å². The molecule has 0 aliphatic carbocycles. The molecule has 1 heterocycles. The summed E-state index contributed by atoms with van der Waals surface area (Å²) < 4.78 is 0. The summed E-state index contributed by atoms with van der Waals surface area (Å²) in [4.78, 5) is 15.7. The molecule has 0 aliphatic heterocycles. The largest absolute Gasteiger partial charge is 0.375 e. The molecule has 68 valence electrons. The van der Waals surface area contributed by atoms with Gasteiger partial charge in [0.2, 0.25) is 0 Å². The predicted molar refractivity (Wildman–Crippen MR) is 57.6 cm³/mol. The molecule has 0 atom stereocenters. The molecule has 1 aromatic heterocycles. The number of nitrogens with zero attached hydrogens (tertiary/aromatic N) is 1. The van der Waals surface area contributed by atoms with E-state index < -0.39 is 0 Å². The first-order valence-corrected chi connectivity index (χ1v) is 4.56. The summed E-state index contributed by atoms with van der Waals surface area (Å²) in [6.45, 7) is 5.43. The fraction of sp³-hybridized carbons (Fsp3) is 0.111. The standard InChI is InChI=1S/C9H10N2OS/c1-3-5-7-6(4-2)8(12)11-9(10)13-7/h3-5H,2H2,1H3,(H2,10,11,12)/b5-3-. The Kier molecular flexibility index (Phi) is 2.97. The molecule has 0 aliphatic rings. The van der Waals surface area contributed by atoms with Crippen molar-refractivity contribution in [3.63, 3.8) is 0 Å². The van der Waals surface area contributed by atoms with Crippen LogP contribution in [0.5, 0.6) is 0 Å². The van der Waals surface area contributed by atoms with Crippen molar-refractivity contribution in [2.45, 2.75) is 6.92 Å². The first-order chi connectivity index (χ1) is 6.19. The Morgan fingerprint density at radius 2 is 2.31 bits per heavy atom. The smallest absolute Gasteiger partial charge is 0.281 e. The maximum atomic E-state index is 11.3. The van der Waals surface area contributed by atoms with Gasteiger partial charge >= 0.3 is 0 Å². The van der Waals surface area contributed by atoms with E-state index in [1.807, 2.05) is 19.1 Å². The third kappa shape index (κ3) is 2.03. The van der Waals surface area contributed by atoms with Gasteiger partial charge in [0.05, 0.1) is 5.56 Å². The first kappa shape index (κ1) is 9.67. The number of nitrogen functional groups attached to an aromatic ring is 1. The van der Waals surface area contributed by atoms with Gasteiger partial charge in [-0.3, -0.25) is 4.79 Å². The number of rotatable bonds is 2. The van der Waals surface area contributed by atoms with Crippen LogP contribution in [0.3, 0.4) is 0 Å². The second-order valence-corrected chi connectivity index (χ2v) is 3.40. The van der Waals surface area contributed by atoms with Crippen LogP contribution in [0, 0.1) is 0 Å². The second kappa shape index (κ2) is 4.00. The highest BCUT2D eigenvalue weighted by Crippen LogP contribution is 2.17. The van der Waals surface area contributed by atoms with E-state index in [1.165, 1.54) is 17.4 Å². The molecule has 0 saturated heterocycles. The van der Waals surface area contributed by atoms with Crippen LogP contribution < -0.4 is 11.3 Å². The van der Waals surface area contributed by atoms with Crippen LogP contribution in [0.4, 0.5) is 5.13 Å². The number of anilines is 1. The van der Waals surface area contributed by atoms with E-state index >= 15 is 0 Å². The minimum atomic E-state index is -0.320. The third-order valence-electron chi connectivity index (χ3n) is 1.44. The predicted octanol–water partition coefficient (Wildman–Crippen LogP) is 1.76. The van der Waals surface area contributed by atoms with E-state index in [2.05, 4.69) is 11.6 Å². The van der Waals surface area contributed by atoms with E-state index in [1.54, 1.807) is 0 Å². The number of nitrogens with two attached hydrogens (primary N) is 1. The normalized spacial score (nSPS) is 10.5. The molecule has 2 N–H and O–H groups in total. The van der Waals surface area contributed by atoms with E-state index in [4.69, 9.17) is 5.73 Å². The molecule has 1 aromatic rings. The van der Waals surface area contributed by atoms with Crippen LogP contribution in [0.25, 0.3) is 12.2 Å². The highest BCUT2D eigenvalue weighted by Gasteiger charge is 2.04. The molecule has 0 aromatic carbocycles. The van der Waals surface area contributed by atoms with Crippen molar-refractivity contribution >= 4 is 28.6 Å². The number of hydrogen-bond acceptors (Lipinski definition) is 4. The maximum absolute atomic E-state index is 11.3. The monoisotopic (exact) mass is 194 g/mol. The number of aromatic nitrogens is 1. The molecule has 0 saturated carbocycles. The van der Waals surface area contributed by atoms with Gasteiger partial charge < -0.3 is 5.73 Å². The molecule has 13 heavy (non-hydrogen) atoms. The Morgan fingerprint density at radius 3 is 2.85 bits per heavy atom. The summed E-state index contributed by atoms with van der Waals surface area (Å²) in [5.74, 6) is 0. The Labute approximate surface area is 80.2 Å². The molecule has 0 unspecified atom stereocenters. The van der Waals surface area contributed by atoms with Gasteiger partial charge in [-0.1, -0.05) is 30.1 Å². The Bertz CT molecular complexity index is 407. The second-order valence-electron chi connectivity index (χ2n) is 2.34. The Morgan fingerprint density at radius 1 is 1.62 bits per heavy atom. The molecule has 3 nitrogen and oxygen atoms in total. The van der Waals surface area contributed by atoms with E-state index in [0.717, 1.165) is 4.88 Å². The van der Waals surface area contributed by atoms with Gasteiger partial charge in [-0.2, -0.15) is 4.98 Å². The summed E-state index contributed by atoms with van der Waals surface area (Å²) in [5.41, 5.74) is 5.64. The van der Waals surface area contributed by atoms with Crippen molar-refractivity contribution in [3.05, 3.63) is 33.4 Å². The Balaban J connectivity index is 3.47. The number of hydrogen-bond donors (Lipinski definition) is 1. The van der Waals surface area contributed by atoms with Gasteiger partial charge in [0.15, 0.2) is 5.13 Å². The summed E-state index contributed by atoms with van der Waals surface area (Å²) in [5, 5.41) is 0.281. The van der Waals surface area contributed by atoms with Crippen LogP contribution in [-0.4, -0.2) is 4.98 Å². The van der Waals surface area contributed by atoms with Crippen molar-refractivity contribution in [2.24, 2.45) is 0 Å². The molecule has 0 fully saturated rings. The zero-order chi connectivity index (χ0) is 9.84. The fourth-order valence-electron chi connectivity index (χ4n) is 0.919. The van der Waals surface area contributed by atoms with Crippen molar-refractivity contribution in [3.8, 4) is 0 Å². The zero-order valence-electron chi connectivity index (χ0n) is 7.28. The van der Waals surface area contributed by atoms with Crippen LogP contribution in [0.15, 0.2) is 17.4 Å². The SMILES string of the molecule is C=Cc1c(/C=C\C)sc(N)nc1=O. The molecule has 0 radical (unpaired) electrons. The molecule has 0 bridgehead atoms. The molecule has 0 spiro atoms. The first-order valence-electron chi connectivity index (χ1n) is 3.74. The lowest BCUT2D eigenvalue weighted by molar-refractivity contribution is 1.27. The molecular formula is C9H10N2OS. The van der Waals surface area contributed by atoms with Gasteiger partial charge in [-0.05, 0) is 13.0 Å². The van der Waals surface area contributed by atoms with Gasteiger partial charge in [0, 0.05) is 4.88 Å². The van der Waals surface area contributed by atoms with Crippen molar-refractivity contribution in [2.75, 3.05) is 5.73 Å². The highest BCUT2D eigenvalue weighted by molar-refractivity contribution is 7.16. The quantitative estimate of drug-likeness (QED) is 0.780. The van der Waals surface area contributed by atoms with E-state index in [-0.39, 0.29) is 10.7 Å². The third-order valence-corrected chi connectivity index (χ3v) is 2.32. The lowest BCUT2D eigenvalue weighted by Gasteiger charge is -1.98. The van der Waals surface area contributed by atoms with Crippen molar-refractivity contribution in [1.82, 2.24) is 4.98 Å². The summed E-state index contributed by atoms with van der Waals surface area (Å²) in [6, 6.07) is 0. The average molecular weight is 194 g/mol. The molecule has 4 heteroatoms. The molecular weight excluding hydrogens is 184 g/mol. The van der Waals surface area contributed by atoms with Crippen LogP contribution in [0.2, 0.25) is 0 Å². The maximum Gasteiger partial charge on any atom is 0.281 e. The fourth-order valence-corrected chi connectivity index (χ4v) is 1.76. The summed E-state index contributed by atoms with van der Waals surface area (Å²) >= 11 is 1.28. The van der Waals surface area contributed by atoms with E-state index in [0.29, 0.717) is 5.56 Å². The average Bonchev–Trinajstić information content (AvgIpc) is 2.04. The van der Waals surface area contributed by atoms with E-state index in [9.17, 15) is 4.79 Å². The zero-order valence-corrected chi connectivity index (χ0v) is 8.10.